The minimum absolute atomic E-state index is 0.0360. The van der Waals surface area contributed by atoms with Gasteiger partial charge >= 0.3 is 0 Å². The zero-order chi connectivity index (χ0) is 13.0. The molecule has 0 aliphatic carbocycles. The first-order valence-electron chi connectivity index (χ1n) is 5.59. The Morgan fingerprint density at radius 1 is 1.22 bits per heavy atom. The summed E-state index contributed by atoms with van der Waals surface area (Å²) in [6.45, 7) is 0. The minimum atomic E-state index is -0.0360. The maximum Gasteiger partial charge on any atom is 0.191 e. The highest BCUT2D eigenvalue weighted by Gasteiger charge is 2.05. The van der Waals surface area contributed by atoms with Crippen LogP contribution in [0, 0.1) is 0 Å². The Labute approximate surface area is 111 Å². The number of carbonyl (C=O) groups excluding carboxylic acids is 1. The molecular weight excluding hydrogens is 246 g/mol. The van der Waals surface area contributed by atoms with Gasteiger partial charge in [-0.25, -0.2) is 4.57 Å². The molecule has 2 aromatic rings. The highest BCUT2D eigenvalue weighted by Crippen LogP contribution is 2.16. The molecule has 90 valence electrons. The van der Waals surface area contributed by atoms with Crippen LogP contribution in [0.5, 0.6) is 0 Å². The fraction of sp³-hybridized carbons (Fsp3) is 0.0667. The quantitative estimate of drug-likeness (QED) is 0.471. The van der Waals surface area contributed by atoms with E-state index in [-0.39, 0.29) is 5.78 Å². The molecular formula is C15H13ClNO+. The van der Waals surface area contributed by atoms with Crippen LogP contribution >= 0.6 is 11.6 Å². The Morgan fingerprint density at radius 2 is 2.00 bits per heavy atom. The molecule has 2 rings (SSSR count). The van der Waals surface area contributed by atoms with Gasteiger partial charge in [0, 0.05) is 11.1 Å². The number of hydrogen-bond acceptors (Lipinski definition) is 1. The smallest absolute Gasteiger partial charge is 0.191 e. The number of halogens is 1. The van der Waals surface area contributed by atoms with Crippen molar-refractivity contribution in [3.05, 3.63) is 71.0 Å². The van der Waals surface area contributed by atoms with Gasteiger partial charge in [-0.05, 0) is 29.8 Å². The highest BCUT2D eigenvalue weighted by atomic mass is 35.5. The van der Waals surface area contributed by atoms with Crippen LogP contribution < -0.4 is 4.57 Å². The Kier molecular flexibility index (Phi) is 3.90. The largest absolute Gasteiger partial charge is 0.289 e. The summed E-state index contributed by atoms with van der Waals surface area (Å²) in [5, 5.41) is 0.639. The predicted molar refractivity (Wildman–Crippen MR) is 72.4 cm³/mol. The van der Waals surface area contributed by atoms with Crippen molar-refractivity contribution in [3.63, 3.8) is 0 Å². The SMILES string of the molecule is C[n+]1cccc(C(=O)C=Cc2ccccc2Cl)c1. The van der Waals surface area contributed by atoms with Crippen LogP contribution in [0.4, 0.5) is 0 Å². The third-order valence-corrected chi connectivity index (χ3v) is 2.89. The summed E-state index contributed by atoms with van der Waals surface area (Å²) in [6.07, 6.45) is 6.95. The first kappa shape index (κ1) is 12.5. The van der Waals surface area contributed by atoms with Crippen molar-refractivity contribution in [1.82, 2.24) is 0 Å². The lowest BCUT2D eigenvalue weighted by molar-refractivity contribution is -0.671. The molecule has 1 aromatic carbocycles. The number of hydrogen-bond donors (Lipinski definition) is 0. The molecule has 18 heavy (non-hydrogen) atoms. The van der Waals surface area contributed by atoms with E-state index >= 15 is 0 Å². The number of benzene rings is 1. The van der Waals surface area contributed by atoms with Crippen molar-refractivity contribution in [3.8, 4) is 0 Å². The lowest BCUT2D eigenvalue weighted by Gasteiger charge is -1.96. The monoisotopic (exact) mass is 258 g/mol. The third kappa shape index (κ3) is 3.05. The van der Waals surface area contributed by atoms with Crippen molar-refractivity contribution in [2.45, 2.75) is 0 Å². The van der Waals surface area contributed by atoms with Crippen LogP contribution in [0.2, 0.25) is 5.02 Å². The van der Waals surface area contributed by atoms with E-state index in [2.05, 4.69) is 0 Å². The van der Waals surface area contributed by atoms with E-state index in [1.165, 1.54) is 6.08 Å². The third-order valence-electron chi connectivity index (χ3n) is 2.54. The Balaban J connectivity index is 2.20. The normalized spacial score (nSPS) is 10.8. The molecule has 1 heterocycles. The number of allylic oxidation sites excluding steroid dienone is 1. The molecule has 0 fully saturated rings. The van der Waals surface area contributed by atoms with E-state index in [0.29, 0.717) is 10.6 Å². The van der Waals surface area contributed by atoms with Crippen LogP contribution in [-0.2, 0) is 7.05 Å². The van der Waals surface area contributed by atoms with Gasteiger partial charge in [0.2, 0.25) is 0 Å². The second-order valence-corrected chi connectivity index (χ2v) is 4.38. The number of rotatable bonds is 3. The molecule has 0 spiro atoms. The molecule has 1 aromatic heterocycles. The minimum Gasteiger partial charge on any atom is -0.289 e. The van der Waals surface area contributed by atoms with Crippen LogP contribution in [0.15, 0.2) is 54.9 Å². The average molecular weight is 259 g/mol. The lowest BCUT2D eigenvalue weighted by atomic mass is 10.1. The van der Waals surface area contributed by atoms with Gasteiger partial charge in [-0.2, -0.15) is 0 Å². The lowest BCUT2D eigenvalue weighted by Crippen LogP contribution is -2.27. The topological polar surface area (TPSA) is 20.9 Å². The molecule has 0 bridgehead atoms. The van der Waals surface area contributed by atoms with Crippen LogP contribution in [0.1, 0.15) is 15.9 Å². The number of aryl methyl sites for hydroxylation is 1. The Hall–Kier alpha value is -1.93. The van der Waals surface area contributed by atoms with E-state index in [1.807, 2.05) is 42.1 Å². The molecule has 3 heteroatoms. The standard InChI is InChI=1S/C15H13ClNO/c1-17-10-4-6-13(11-17)15(18)9-8-12-5-2-3-7-14(12)16/h2-11H,1H3/q+1. The van der Waals surface area contributed by atoms with Gasteiger partial charge in [0.25, 0.3) is 0 Å². The molecule has 0 radical (unpaired) electrons. The number of carbonyl (C=O) groups is 1. The summed E-state index contributed by atoms with van der Waals surface area (Å²) in [7, 11) is 1.88. The first-order valence-corrected chi connectivity index (χ1v) is 5.97. The van der Waals surface area contributed by atoms with Gasteiger partial charge in [-0.15, -0.1) is 0 Å². The molecule has 0 saturated carbocycles. The van der Waals surface area contributed by atoms with Crippen molar-refractivity contribution in [1.29, 1.82) is 0 Å². The van der Waals surface area contributed by atoms with Gasteiger partial charge in [0.15, 0.2) is 18.2 Å². The van der Waals surface area contributed by atoms with Gasteiger partial charge in [-0.1, -0.05) is 29.8 Å². The molecule has 2 nitrogen and oxygen atoms in total. The Bertz CT molecular complexity index is 605. The van der Waals surface area contributed by atoms with E-state index in [0.717, 1.165) is 5.56 Å². The fourth-order valence-corrected chi connectivity index (χ4v) is 1.80. The zero-order valence-electron chi connectivity index (χ0n) is 10.0. The van der Waals surface area contributed by atoms with Crippen LogP contribution in [0.25, 0.3) is 6.08 Å². The summed E-state index contributed by atoms with van der Waals surface area (Å²) in [4.78, 5) is 11.9. The molecule has 0 atom stereocenters. The number of aromatic nitrogens is 1. The van der Waals surface area contributed by atoms with Crippen LogP contribution in [-0.4, -0.2) is 5.78 Å². The van der Waals surface area contributed by atoms with Crippen LogP contribution in [0.3, 0.4) is 0 Å². The highest BCUT2D eigenvalue weighted by molar-refractivity contribution is 6.32. The number of ketones is 1. The molecule has 0 aliphatic heterocycles. The molecule has 0 saturated heterocycles. The Morgan fingerprint density at radius 3 is 2.72 bits per heavy atom. The molecule has 0 N–H and O–H groups in total. The van der Waals surface area contributed by atoms with Gasteiger partial charge in [-0.3, -0.25) is 4.79 Å². The van der Waals surface area contributed by atoms with Crippen molar-refractivity contribution in [2.24, 2.45) is 7.05 Å². The molecule has 0 aliphatic rings. The van der Waals surface area contributed by atoms with E-state index in [4.69, 9.17) is 11.6 Å². The molecule has 0 unspecified atom stereocenters. The van der Waals surface area contributed by atoms with Crippen molar-refractivity contribution >= 4 is 23.5 Å². The number of pyridine rings is 1. The first-order chi connectivity index (χ1) is 8.66. The second kappa shape index (κ2) is 5.61. The zero-order valence-corrected chi connectivity index (χ0v) is 10.8. The van der Waals surface area contributed by atoms with Gasteiger partial charge < -0.3 is 0 Å². The summed E-state index contributed by atoms with van der Waals surface area (Å²) in [5.41, 5.74) is 1.50. The predicted octanol–water partition coefficient (Wildman–Crippen LogP) is 3.06. The van der Waals surface area contributed by atoms with E-state index < -0.39 is 0 Å². The van der Waals surface area contributed by atoms with Crippen molar-refractivity contribution < 1.29 is 9.36 Å². The summed E-state index contributed by atoms with van der Waals surface area (Å²) in [5.74, 6) is -0.0360. The second-order valence-electron chi connectivity index (χ2n) is 3.98. The molecule has 0 amide bonds. The van der Waals surface area contributed by atoms with E-state index in [9.17, 15) is 4.79 Å². The maximum atomic E-state index is 11.9. The maximum absolute atomic E-state index is 11.9. The summed E-state index contributed by atoms with van der Waals surface area (Å²) in [6, 6.07) is 11.1. The average Bonchev–Trinajstić information content (AvgIpc) is 2.37. The van der Waals surface area contributed by atoms with Crippen molar-refractivity contribution in [2.75, 3.05) is 0 Å². The summed E-state index contributed by atoms with van der Waals surface area (Å²) < 4.78 is 1.84. The summed E-state index contributed by atoms with van der Waals surface area (Å²) >= 11 is 6.01. The fourth-order valence-electron chi connectivity index (χ4n) is 1.61. The van der Waals surface area contributed by atoms with E-state index in [1.54, 1.807) is 24.4 Å². The number of nitrogens with zero attached hydrogens (tertiary/aromatic N) is 1. The van der Waals surface area contributed by atoms with Gasteiger partial charge in [0.05, 0.1) is 5.56 Å². The van der Waals surface area contributed by atoms with Gasteiger partial charge in [0.1, 0.15) is 7.05 Å².